The van der Waals surface area contributed by atoms with Crippen LogP contribution in [0.3, 0.4) is 0 Å². The predicted octanol–water partition coefficient (Wildman–Crippen LogP) is 0.105. The van der Waals surface area contributed by atoms with Gasteiger partial charge in [-0.1, -0.05) is 46.0 Å². The Labute approximate surface area is 113 Å². The third-order valence-electron chi connectivity index (χ3n) is 2.08. The third kappa shape index (κ3) is 5.78. The summed E-state index contributed by atoms with van der Waals surface area (Å²) in [5.41, 5.74) is 0. The molecule has 0 atom stereocenters. The largest absolute Gasteiger partial charge is 1.00 e. The van der Waals surface area contributed by atoms with Crippen LogP contribution in [0.2, 0.25) is 0 Å². The van der Waals surface area contributed by atoms with Gasteiger partial charge in [-0.3, -0.25) is 0 Å². The quantitative estimate of drug-likeness (QED) is 0.534. The van der Waals surface area contributed by atoms with Crippen molar-refractivity contribution in [2.45, 2.75) is 58.0 Å². The minimum atomic E-state index is 0. The van der Waals surface area contributed by atoms with Gasteiger partial charge >= 0.3 is 51.4 Å². The van der Waals surface area contributed by atoms with Crippen molar-refractivity contribution in [3.63, 3.8) is 0 Å². The molecule has 1 nitrogen and oxygen atoms in total. The van der Waals surface area contributed by atoms with Crippen molar-refractivity contribution in [3.05, 3.63) is 5.32 Å². The Bertz CT molecular complexity index is 87.6. The Hall–Kier alpha value is 1.60. The van der Waals surface area contributed by atoms with Crippen molar-refractivity contribution < 1.29 is 51.4 Å². The van der Waals surface area contributed by atoms with E-state index in [2.05, 4.69) is 19.2 Å². The zero-order chi connectivity index (χ0) is 7.40. The first-order valence-electron chi connectivity index (χ1n) is 4.49. The van der Waals surface area contributed by atoms with Crippen LogP contribution in [0.4, 0.5) is 0 Å². The van der Waals surface area contributed by atoms with Gasteiger partial charge in [0.25, 0.3) is 0 Å². The maximum atomic E-state index is 4.64. The van der Waals surface area contributed by atoms with Crippen LogP contribution >= 0.6 is 0 Å². The van der Waals surface area contributed by atoms with E-state index in [4.69, 9.17) is 0 Å². The SMILES string of the molecule is CC(C)[N-]C1CCCCC1.[K+]. The van der Waals surface area contributed by atoms with Gasteiger partial charge in [-0.15, -0.1) is 12.1 Å². The van der Waals surface area contributed by atoms with Gasteiger partial charge < -0.3 is 5.32 Å². The molecule has 2 heteroatoms. The van der Waals surface area contributed by atoms with Gasteiger partial charge in [0.15, 0.2) is 0 Å². The van der Waals surface area contributed by atoms with E-state index < -0.39 is 0 Å². The summed E-state index contributed by atoms with van der Waals surface area (Å²) in [6.45, 7) is 4.35. The molecule has 1 aliphatic carbocycles. The molecule has 0 aromatic rings. The fraction of sp³-hybridized carbons (Fsp3) is 1.00. The Kier molecular flexibility index (Phi) is 8.07. The summed E-state index contributed by atoms with van der Waals surface area (Å²) >= 11 is 0. The Morgan fingerprint density at radius 3 is 2.09 bits per heavy atom. The van der Waals surface area contributed by atoms with Gasteiger partial charge in [-0.25, -0.2) is 0 Å². The van der Waals surface area contributed by atoms with Crippen molar-refractivity contribution in [1.29, 1.82) is 0 Å². The van der Waals surface area contributed by atoms with Crippen LogP contribution in [0.5, 0.6) is 0 Å². The molecule has 0 saturated heterocycles. The second kappa shape index (κ2) is 7.04. The molecule has 60 valence electrons. The Morgan fingerprint density at radius 2 is 1.64 bits per heavy atom. The molecule has 0 aromatic carbocycles. The molecule has 0 spiro atoms. The van der Waals surface area contributed by atoms with Crippen LogP contribution in [0.1, 0.15) is 46.0 Å². The summed E-state index contributed by atoms with van der Waals surface area (Å²) in [5, 5.41) is 4.64. The van der Waals surface area contributed by atoms with Crippen molar-refractivity contribution in [1.82, 2.24) is 0 Å². The van der Waals surface area contributed by atoms with Crippen LogP contribution in [0.25, 0.3) is 5.32 Å². The number of hydrogen-bond donors (Lipinski definition) is 0. The van der Waals surface area contributed by atoms with Crippen molar-refractivity contribution in [2.75, 3.05) is 0 Å². The second-order valence-corrected chi connectivity index (χ2v) is 3.53. The predicted molar refractivity (Wildman–Crippen MR) is 45.4 cm³/mol. The number of hydrogen-bond acceptors (Lipinski definition) is 0. The molecule has 0 aliphatic heterocycles. The van der Waals surface area contributed by atoms with Gasteiger partial charge in [-0.2, -0.15) is 0 Å². The van der Waals surface area contributed by atoms with Crippen LogP contribution in [-0.2, 0) is 0 Å². The number of rotatable bonds is 2. The normalized spacial score (nSPS) is 19.9. The monoisotopic (exact) mass is 179 g/mol. The number of nitrogens with zero attached hydrogens (tertiary/aromatic N) is 1. The zero-order valence-corrected chi connectivity index (χ0v) is 11.3. The van der Waals surface area contributed by atoms with E-state index in [0.717, 1.165) is 0 Å². The van der Waals surface area contributed by atoms with Crippen LogP contribution < -0.4 is 51.4 Å². The molecule has 0 heterocycles. The zero-order valence-electron chi connectivity index (χ0n) is 8.14. The van der Waals surface area contributed by atoms with E-state index in [-0.39, 0.29) is 51.4 Å². The molecule has 0 unspecified atom stereocenters. The maximum Gasteiger partial charge on any atom is 1.00 e. The summed E-state index contributed by atoms with van der Waals surface area (Å²) in [5.74, 6) is 0. The van der Waals surface area contributed by atoms with Gasteiger partial charge in [0.2, 0.25) is 0 Å². The standard InChI is InChI=1S/C9H18N.K/c1-8(2)10-9-6-4-3-5-7-9;/h8-9H,3-7H2,1-2H3;/q-1;+1. The molecule has 1 rings (SSSR count). The smallest absolute Gasteiger partial charge is 0.657 e. The Balaban J connectivity index is 0.000001000. The molecular weight excluding hydrogens is 161 g/mol. The van der Waals surface area contributed by atoms with Gasteiger partial charge in [0.1, 0.15) is 0 Å². The van der Waals surface area contributed by atoms with Crippen LogP contribution in [0, 0.1) is 0 Å². The molecule has 0 amide bonds. The molecule has 1 fully saturated rings. The van der Waals surface area contributed by atoms with Crippen molar-refractivity contribution >= 4 is 0 Å². The first-order chi connectivity index (χ1) is 4.79. The molecule has 0 radical (unpaired) electrons. The molecule has 1 saturated carbocycles. The fourth-order valence-corrected chi connectivity index (χ4v) is 1.65. The summed E-state index contributed by atoms with van der Waals surface area (Å²) in [6, 6.07) is 1.25. The molecule has 0 aromatic heterocycles. The third-order valence-corrected chi connectivity index (χ3v) is 2.08. The molecular formula is C9H18KN. The maximum absolute atomic E-state index is 4.64. The van der Waals surface area contributed by atoms with E-state index in [9.17, 15) is 0 Å². The van der Waals surface area contributed by atoms with E-state index in [1.807, 2.05) is 0 Å². The molecule has 11 heavy (non-hydrogen) atoms. The molecule has 0 N–H and O–H groups in total. The van der Waals surface area contributed by atoms with Gasteiger partial charge in [0.05, 0.1) is 0 Å². The minimum Gasteiger partial charge on any atom is -0.657 e. The average molecular weight is 179 g/mol. The first kappa shape index (κ1) is 12.6. The van der Waals surface area contributed by atoms with Crippen LogP contribution in [0.15, 0.2) is 0 Å². The molecule has 1 aliphatic rings. The topological polar surface area (TPSA) is 14.1 Å². The average Bonchev–Trinajstić information content (AvgIpc) is 1.88. The van der Waals surface area contributed by atoms with Crippen molar-refractivity contribution in [3.8, 4) is 0 Å². The van der Waals surface area contributed by atoms with Crippen LogP contribution in [-0.4, -0.2) is 12.1 Å². The summed E-state index contributed by atoms with van der Waals surface area (Å²) in [4.78, 5) is 0. The summed E-state index contributed by atoms with van der Waals surface area (Å²) in [7, 11) is 0. The minimum absolute atomic E-state index is 0. The van der Waals surface area contributed by atoms with E-state index in [1.165, 1.54) is 32.1 Å². The van der Waals surface area contributed by atoms with E-state index in [0.29, 0.717) is 12.1 Å². The first-order valence-corrected chi connectivity index (χ1v) is 4.49. The second-order valence-electron chi connectivity index (χ2n) is 3.53. The van der Waals surface area contributed by atoms with Crippen molar-refractivity contribution in [2.24, 2.45) is 0 Å². The Morgan fingerprint density at radius 1 is 1.09 bits per heavy atom. The van der Waals surface area contributed by atoms with E-state index in [1.54, 1.807) is 0 Å². The van der Waals surface area contributed by atoms with Gasteiger partial charge in [0, 0.05) is 0 Å². The summed E-state index contributed by atoms with van der Waals surface area (Å²) in [6.07, 6.45) is 6.93. The summed E-state index contributed by atoms with van der Waals surface area (Å²) < 4.78 is 0. The molecule has 0 bridgehead atoms. The van der Waals surface area contributed by atoms with E-state index >= 15 is 0 Å². The fourth-order valence-electron chi connectivity index (χ4n) is 1.65. The van der Waals surface area contributed by atoms with Gasteiger partial charge in [-0.05, 0) is 0 Å².